The maximum absolute atomic E-state index is 11.5. The number of rotatable bonds is 4. The van der Waals surface area contributed by atoms with Crippen LogP contribution in [0, 0.1) is 0 Å². The molecule has 0 bridgehead atoms. The molecule has 2 heterocycles. The number of hydrogen-bond acceptors (Lipinski definition) is 5. The zero-order chi connectivity index (χ0) is 12.3. The van der Waals surface area contributed by atoms with Crippen molar-refractivity contribution >= 4 is 8.69 Å². The first-order valence-corrected chi connectivity index (χ1v) is 5.85. The van der Waals surface area contributed by atoms with E-state index in [1.165, 1.54) is 16.8 Å². The van der Waals surface area contributed by atoms with Crippen LogP contribution in [0.2, 0.25) is 0 Å². The average Bonchev–Trinajstić information content (AvgIpc) is 2.75. The minimum absolute atomic E-state index is 0.180. The summed E-state index contributed by atoms with van der Waals surface area (Å²) in [6, 6.07) is 1.27. The van der Waals surface area contributed by atoms with Gasteiger partial charge in [-0.05, 0) is 12.8 Å². The zero-order valence-corrected chi connectivity index (χ0v) is 9.76. The lowest BCUT2D eigenvalue weighted by Crippen LogP contribution is -2.31. The van der Waals surface area contributed by atoms with Crippen molar-refractivity contribution in [3.05, 3.63) is 33.1 Å². The monoisotopic (exact) mass is 258 g/mol. The van der Waals surface area contributed by atoms with Crippen molar-refractivity contribution in [1.82, 2.24) is 9.55 Å². The summed E-state index contributed by atoms with van der Waals surface area (Å²) in [6.45, 7) is 0.222. The van der Waals surface area contributed by atoms with Crippen LogP contribution >= 0.6 is 8.69 Å². The van der Waals surface area contributed by atoms with Crippen LogP contribution in [0.3, 0.4) is 0 Å². The molecular weight excluding hydrogens is 247 g/mol. The summed E-state index contributed by atoms with van der Waals surface area (Å²) in [7, 11) is -0.381. The third-order valence-electron chi connectivity index (χ3n) is 2.56. The zero-order valence-electron chi connectivity index (χ0n) is 8.87. The normalized spacial score (nSPS) is 24.2. The van der Waals surface area contributed by atoms with Crippen LogP contribution in [0.15, 0.2) is 21.9 Å². The molecule has 0 radical (unpaired) electrons. The Morgan fingerprint density at radius 3 is 3.06 bits per heavy atom. The maximum atomic E-state index is 11.5. The van der Waals surface area contributed by atoms with Crippen molar-refractivity contribution < 1.29 is 13.8 Å². The second-order valence-electron chi connectivity index (χ2n) is 3.68. The summed E-state index contributed by atoms with van der Waals surface area (Å²) >= 11 is 0. The molecule has 0 saturated carbocycles. The number of aromatic nitrogens is 2. The predicted octanol–water partition coefficient (Wildman–Crippen LogP) is 0.437. The van der Waals surface area contributed by atoms with Gasteiger partial charge in [0.25, 0.3) is 5.56 Å². The second-order valence-corrected chi connectivity index (χ2v) is 4.09. The number of H-pyrrole nitrogens is 1. The van der Waals surface area contributed by atoms with Gasteiger partial charge in [-0.2, -0.15) is 0 Å². The van der Waals surface area contributed by atoms with Crippen molar-refractivity contribution in [1.29, 1.82) is 0 Å². The molecule has 1 aliphatic heterocycles. The van der Waals surface area contributed by atoms with E-state index in [4.69, 9.17) is 9.26 Å². The summed E-state index contributed by atoms with van der Waals surface area (Å²) in [5.74, 6) is 0. The van der Waals surface area contributed by atoms with E-state index >= 15 is 0 Å². The van der Waals surface area contributed by atoms with Crippen molar-refractivity contribution in [3.63, 3.8) is 0 Å². The molecule has 0 aromatic carbocycles. The predicted molar refractivity (Wildman–Crippen MR) is 58.0 cm³/mol. The van der Waals surface area contributed by atoms with Crippen molar-refractivity contribution in [2.75, 3.05) is 6.61 Å². The lowest BCUT2D eigenvalue weighted by atomic mass is 10.2. The van der Waals surface area contributed by atoms with Gasteiger partial charge in [0.05, 0.1) is 12.7 Å². The number of nitrogens with one attached hydrogen (secondary N) is 1. The molecule has 1 saturated heterocycles. The molecule has 8 heteroatoms. The quantitative estimate of drug-likeness (QED) is 0.791. The van der Waals surface area contributed by atoms with Gasteiger partial charge in [-0.3, -0.25) is 18.9 Å². The molecule has 1 N–H and O–H groups in total. The molecular formula is C9H11N2O5P. The summed E-state index contributed by atoms with van der Waals surface area (Å²) in [6.07, 6.45) is 2.18. The van der Waals surface area contributed by atoms with Gasteiger partial charge in [-0.1, -0.05) is 0 Å². The first-order valence-electron chi connectivity index (χ1n) is 5.12. The van der Waals surface area contributed by atoms with Crippen LogP contribution in [0.5, 0.6) is 0 Å². The standard InChI is InChI=1S/C9H11N2O5P/c12-7-3-4-11(9(13)10-7)8-2-1-6(16-8)5-15-17-14/h3-4,6,8H,1-2,5H2,(H,10,12,13). The number of hydrogen-bond donors (Lipinski definition) is 1. The van der Waals surface area contributed by atoms with Crippen LogP contribution in [0.25, 0.3) is 0 Å². The van der Waals surface area contributed by atoms with E-state index in [1.54, 1.807) is 0 Å². The lowest BCUT2D eigenvalue weighted by molar-refractivity contribution is -0.0181. The Bertz CT molecular complexity index is 511. The van der Waals surface area contributed by atoms with Crippen LogP contribution in [0.4, 0.5) is 0 Å². The molecule has 2 rings (SSSR count). The third-order valence-corrected chi connectivity index (χ3v) is 2.81. The Balaban J connectivity index is 2.07. The summed E-state index contributed by atoms with van der Waals surface area (Å²) in [5, 5.41) is 0. The van der Waals surface area contributed by atoms with E-state index in [1.807, 2.05) is 0 Å². The van der Waals surface area contributed by atoms with Gasteiger partial charge in [0.15, 0.2) is 0 Å². The maximum Gasteiger partial charge on any atom is 0.330 e. The van der Waals surface area contributed by atoms with Gasteiger partial charge < -0.3 is 4.74 Å². The van der Waals surface area contributed by atoms with E-state index < -0.39 is 17.5 Å². The molecule has 0 spiro atoms. The molecule has 0 aliphatic carbocycles. The van der Waals surface area contributed by atoms with Crippen LogP contribution in [0.1, 0.15) is 19.1 Å². The van der Waals surface area contributed by atoms with E-state index in [-0.39, 0.29) is 21.4 Å². The van der Waals surface area contributed by atoms with Gasteiger partial charge in [0, 0.05) is 12.3 Å². The highest BCUT2D eigenvalue weighted by Gasteiger charge is 2.27. The summed E-state index contributed by atoms with van der Waals surface area (Å²) in [5.41, 5.74) is -0.930. The van der Waals surface area contributed by atoms with Gasteiger partial charge in [-0.25, -0.2) is 9.36 Å². The van der Waals surface area contributed by atoms with E-state index in [0.29, 0.717) is 12.8 Å². The van der Waals surface area contributed by atoms with E-state index in [0.717, 1.165) is 0 Å². The highest BCUT2D eigenvalue weighted by molar-refractivity contribution is 7.17. The smallest absolute Gasteiger partial charge is 0.330 e. The van der Waals surface area contributed by atoms with Crippen molar-refractivity contribution in [3.8, 4) is 0 Å². The van der Waals surface area contributed by atoms with Crippen LogP contribution in [-0.2, 0) is 13.8 Å². The van der Waals surface area contributed by atoms with Gasteiger partial charge in [-0.15, -0.1) is 0 Å². The SMILES string of the molecule is O=POCC1CCC(n2ccc(=O)[nH]c2=O)O1. The molecule has 1 aromatic heterocycles. The molecule has 17 heavy (non-hydrogen) atoms. The Morgan fingerprint density at radius 2 is 2.35 bits per heavy atom. The number of ether oxygens (including phenoxy) is 1. The largest absolute Gasteiger partial charge is 0.352 e. The molecule has 7 nitrogen and oxygen atoms in total. The minimum Gasteiger partial charge on any atom is -0.352 e. The Kier molecular flexibility index (Phi) is 3.83. The summed E-state index contributed by atoms with van der Waals surface area (Å²) in [4.78, 5) is 24.6. The molecule has 1 fully saturated rings. The fourth-order valence-corrected chi connectivity index (χ4v) is 2.01. The van der Waals surface area contributed by atoms with Crippen LogP contribution < -0.4 is 11.2 Å². The Morgan fingerprint density at radius 1 is 1.53 bits per heavy atom. The van der Waals surface area contributed by atoms with Gasteiger partial charge >= 0.3 is 14.4 Å². The Hall–Kier alpha value is -1.30. The fraction of sp³-hybridized carbons (Fsp3) is 0.556. The molecule has 0 amide bonds. The van der Waals surface area contributed by atoms with Crippen molar-refractivity contribution in [2.24, 2.45) is 0 Å². The molecule has 1 aliphatic rings. The van der Waals surface area contributed by atoms with Crippen molar-refractivity contribution in [2.45, 2.75) is 25.2 Å². The molecule has 92 valence electrons. The number of nitrogens with zero attached hydrogens (tertiary/aromatic N) is 1. The minimum atomic E-state index is -0.494. The topological polar surface area (TPSA) is 90.4 Å². The van der Waals surface area contributed by atoms with E-state index in [2.05, 4.69) is 4.98 Å². The highest BCUT2D eigenvalue weighted by Crippen LogP contribution is 2.27. The average molecular weight is 258 g/mol. The molecule has 2 unspecified atom stereocenters. The first-order chi connectivity index (χ1) is 8.20. The van der Waals surface area contributed by atoms with Gasteiger partial charge in [0.1, 0.15) is 6.23 Å². The fourth-order valence-electron chi connectivity index (χ4n) is 1.78. The summed E-state index contributed by atoms with van der Waals surface area (Å²) < 4.78 is 21.7. The number of aromatic amines is 1. The third kappa shape index (κ3) is 2.88. The highest BCUT2D eigenvalue weighted by atomic mass is 31.1. The van der Waals surface area contributed by atoms with Gasteiger partial charge in [0.2, 0.25) is 0 Å². The van der Waals surface area contributed by atoms with E-state index in [9.17, 15) is 14.2 Å². The lowest BCUT2D eigenvalue weighted by Gasteiger charge is -2.14. The molecule has 2 atom stereocenters. The van der Waals surface area contributed by atoms with Crippen LogP contribution in [-0.4, -0.2) is 22.3 Å². The Labute approximate surface area is 97.7 Å². The second kappa shape index (κ2) is 5.35. The first kappa shape index (κ1) is 12.2. The molecule has 1 aromatic rings.